The van der Waals surface area contributed by atoms with Crippen LogP contribution in [0.3, 0.4) is 0 Å². The van der Waals surface area contributed by atoms with Crippen LogP contribution < -0.4 is 10.6 Å². The first-order valence-electron chi connectivity index (χ1n) is 9.24. The predicted molar refractivity (Wildman–Crippen MR) is 111 cm³/mol. The second-order valence-electron chi connectivity index (χ2n) is 6.82. The van der Waals surface area contributed by atoms with Crippen molar-refractivity contribution in [3.05, 3.63) is 95.1 Å². The van der Waals surface area contributed by atoms with Crippen molar-refractivity contribution in [2.45, 2.75) is 6.42 Å². The van der Waals surface area contributed by atoms with E-state index in [1.54, 1.807) is 6.07 Å². The molecule has 0 radical (unpaired) electrons. The Hall–Kier alpha value is -4.06. The summed E-state index contributed by atoms with van der Waals surface area (Å²) in [6.45, 7) is 0. The van der Waals surface area contributed by atoms with Crippen LogP contribution in [0.4, 0.5) is 11.4 Å². The maximum absolute atomic E-state index is 12.0. The Kier molecular flexibility index (Phi) is 4.02. The molecule has 3 aromatic carbocycles. The zero-order valence-corrected chi connectivity index (χ0v) is 15.3. The number of benzene rings is 3. The Bertz CT molecular complexity index is 1210. The topological polar surface area (TPSA) is 82.9 Å². The Balaban J connectivity index is 1.44. The molecule has 140 valence electrons. The first kappa shape index (κ1) is 17.1. The van der Waals surface area contributed by atoms with Crippen LogP contribution in [-0.2, 0) is 11.2 Å². The molecule has 0 saturated carbocycles. The fourth-order valence-electron chi connectivity index (χ4n) is 3.49. The van der Waals surface area contributed by atoms with Gasteiger partial charge in [0.15, 0.2) is 0 Å². The van der Waals surface area contributed by atoms with Gasteiger partial charge in [-0.05, 0) is 35.9 Å². The number of nitrogens with one attached hydrogen (secondary N) is 2. The molecule has 0 saturated heterocycles. The zero-order chi connectivity index (χ0) is 19.8. The van der Waals surface area contributed by atoms with Gasteiger partial charge in [-0.25, -0.2) is 9.98 Å². The van der Waals surface area contributed by atoms with Crippen molar-refractivity contribution in [2.75, 3.05) is 0 Å². The van der Waals surface area contributed by atoms with E-state index in [1.807, 2.05) is 66.7 Å². The third-order valence-electron chi connectivity index (χ3n) is 4.87. The van der Waals surface area contributed by atoms with Gasteiger partial charge in [0.2, 0.25) is 5.91 Å². The SMILES string of the molecule is O=C1Cc2ccccc2C(=Nc2ccc(N=C3NC(=O)c4ccccc43)cc2)N1. The largest absolute Gasteiger partial charge is 0.310 e. The molecule has 0 spiro atoms. The van der Waals surface area contributed by atoms with E-state index in [9.17, 15) is 9.59 Å². The molecule has 3 aromatic rings. The summed E-state index contributed by atoms with van der Waals surface area (Å²) in [5.41, 5.74) is 4.73. The molecule has 2 heterocycles. The molecule has 2 N–H and O–H groups in total. The summed E-state index contributed by atoms with van der Waals surface area (Å²) in [4.78, 5) is 33.1. The fourth-order valence-corrected chi connectivity index (χ4v) is 3.49. The molecule has 2 amide bonds. The summed E-state index contributed by atoms with van der Waals surface area (Å²) in [7, 11) is 0. The van der Waals surface area contributed by atoms with Crippen LogP contribution in [0.5, 0.6) is 0 Å². The van der Waals surface area contributed by atoms with Gasteiger partial charge in [0.1, 0.15) is 11.7 Å². The van der Waals surface area contributed by atoms with Gasteiger partial charge in [-0.1, -0.05) is 42.5 Å². The summed E-state index contributed by atoms with van der Waals surface area (Å²) in [5.74, 6) is 0.876. The van der Waals surface area contributed by atoms with Gasteiger partial charge in [0, 0.05) is 11.1 Å². The quantitative estimate of drug-likeness (QED) is 0.715. The van der Waals surface area contributed by atoms with Crippen molar-refractivity contribution in [1.29, 1.82) is 0 Å². The van der Waals surface area contributed by atoms with Gasteiger partial charge in [0.05, 0.1) is 23.4 Å². The second-order valence-corrected chi connectivity index (χ2v) is 6.82. The van der Waals surface area contributed by atoms with Gasteiger partial charge in [-0.3, -0.25) is 9.59 Å². The first-order chi connectivity index (χ1) is 14.2. The smallest absolute Gasteiger partial charge is 0.257 e. The maximum Gasteiger partial charge on any atom is 0.257 e. The third kappa shape index (κ3) is 3.21. The van der Waals surface area contributed by atoms with Crippen molar-refractivity contribution in [2.24, 2.45) is 9.98 Å². The molecule has 6 heteroatoms. The van der Waals surface area contributed by atoms with Crippen LogP contribution in [-0.4, -0.2) is 23.5 Å². The van der Waals surface area contributed by atoms with E-state index < -0.39 is 0 Å². The molecule has 0 unspecified atom stereocenters. The van der Waals surface area contributed by atoms with Crippen LogP contribution >= 0.6 is 0 Å². The van der Waals surface area contributed by atoms with Crippen molar-refractivity contribution in [1.82, 2.24) is 10.6 Å². The number of carbonyl (C=O) groups excluding carboxylic acids is 2. The van der Waals surface area contributed by atoms with Crippen molar-refractivity contribution in [3.63, 3.8) is 0 Å². The highest BCUT2D eigenvalue weighted by molar-refractivity contribution is 6.24. The minimum Gasteiger partial charge on any atom is -0.310 e. The number of aliphatic imine (C=N–C) groups is 2. The van der Waals surface area contributed by atoms with E-state index in [4.69, 9.17) is 0 Å². The molecule has 0 aliphatic carbocycles. The zero-order valence-electron chi connectivity index (χ0n) is 15.3. The van der Waals surface area contributed by atoms with Crippen molar-refractivity contribution >= 4 is 34.9 Å². The van der Waals surface area contributed by atoms with E-state index >= 15 is 0 Å². The van der Waals surface area contributed by atoms with Gasteiger partial charge in [-0.15, -0.1) is 0 Å². The number of nitrogens with zero attached hydrogens (tertiary/aromatic N) is 2. The van der Waals surface area contributed by atoms with Crippen LogP contribution in [0.15, 0.2) is 82.8 Å². The molecule has 0 fully saturated rings. The predicted octanol–water partition coefficient (Wildman–Crippen LogP) is 3.26. The Labute approximate surface area is 167 Å². The Morgan fingerprint density at radius 2 is 1.17 bits per heavy atom. The van der Waals surface area contributed by atoms with E-state index in [0.29, 0.717) is 35.0 Å². The summed E-state index contributed by atoms with van der Waals surface area (Å²) in [6, 6.07) is 22.4. The highest BCUT2D eigenvalue weighted by atomic mass is 16.2. The van der Waals surface area contributed by atoms with Crippen molar-refractivity contribution in [3.8, 4) is 0 Å². The van der Waals surface area contributed by atoms with Crippen LogP contribution in [0, 0.1) is 0 Å². The van der Waals surface area contributed by atoms with E-state index in [-0.39, 0.29) is 11.8 Å². The highest BCUT2D eigenvalue weighted by Gasteiger charge is 2.24. The molecule has 2 aliphatic heterocycles. The molecule has 0 atom stereocenters. The van der Waals surface area contributed by atoms with Gasteiger partial charge in [0.25, 0.3) is 5.91 Å². The molecule has 6 nitrogen and oxygen atoms in total. The molecule has 0 bridgehead atoms. The second kappa shape index (κ2) is 6.83. The highest BCUT2D eigenvalue weighted by Crippen LogP contribution is 2.24. The lowest BCUT2D eigenvalue weighted by molar-refractivity contribution is -0.119. The number of fused-ring (bicyclic) bond motifs is 2. The average molecular weight is 380 g/mol. The lowest BCUT2D eigenvalue weighted by Crippen LogP contribution is -2.37. The third-order valence-corrected chi connectivity index (χ3v) is 4.87. The lowest BCUT2D eigenvalue weighted by Gasteiger charge is -2.18. The molecular weight excluding hydrogens is 364 g/mol. The molecular formula is C23H16N4O2. The fraction of sp³-hybridized carbons (Fsp3) is 0.0435. The number of rotatable bonds is 2. The van der Waals surface area contributed by atoms with E-state index in [2.05, 4.69) is 20.6 Å². The summed E-state index contributed by atoms with van der Waals surface area (Å²) in [6.07, 6.45) is 0.360. The lowest BCUT2D eigenvalue weighted by atomic mass is 10.00. The van der Waals surface area contributed by atoms with Crippen LogP contribution in [0.25, 0.3) is 0 Å². The Morgan fingerprint density at radius 1 is 0.621 bits per heavy atom. The average Bonchev–Trinajstić information content (AvgIpc) is 3.05. The molecule has 29 heavy (non-hydrogen) atoms. The number of amidine groups is 2. The van der Waals surface area contributed by atoms with Crippen molar-refractivity contribution < 1.29 is 9.59 Å². The van der Waals surface area contributed by atoms with Gasteiger partial charge >= 0.3 is 0 Å². The van der Waals surface area contributed by atoms with Crippen LogP contribution in [0.2, 0.25) is 0 Å². The molecule has 5 rings (SSSR count). The summed E-state index contributed by atoms with van der Waals surface area (Å²) in [5, 5.41) is 5.65. The number of hydrogen-bond acceptors (Lipinski definition) is 4. The van der Waals surface area contributed by atoms with Crippen LogP contribution in [0.1, 0.15) is 27.0 Å². The van der Waals surface area contributed by atoms with Gasteiger partial charge < -0.3 is 10.6 Å². The monoisotopic (exact) mass is 380 g/mol. The number of hydrogen-bond donors (Lipinski definition) is 2. The Morgan fingerprint density at radius 3 is 1.86 bits per heavy atom. The van der Waals surface area contributed by atoms with E-state index in [1.165, 1.54) is 0 Å². The minimum atomic E-state index is -0.144. The van der Waals surface area contributed by atoms with E-state index in [0.717, 1.165) is 16.7 Å². The standard InChI is InChI=1S/C23H16N4O2/c28-20-13-14-5-1-2-6-17(14)21(26-20)24-15-9-11-16(12-10-15)25-22-18-7-3-4-8-19(18)23(29)27-22/h1-12H,13H2,(H,24,26,28)(H,25,27,29). The summed E-state index contributed by atoms with van der Waals surface area (Å²) >= 11 is 0. The normalized spacial score (nSPS) is 17.7. The molecule has 0 aromatic heterocycles. The molecule has 2 aliphatic rings. The minimum absolute atomic E-state index is 0.0684. The summed E-state index contributed by atoms with van der Waals surface area (Å²) < 4.78 is 0. The first-order valence-corrected chi connectivity index (χ1v) is 9.24. The number of carbonyl (C=O) groups is 2. The number of amides is 2. The maximum atomic E-state index is 12.0. The van der Waals surface area contributed by atoms with Gasteiger partial charge in [-0.2, -0.15) is 0 Å².